The average molecular weight is 277 g/mol. The summed E-state index contributed by atoms with van der Waals surface area (Å²) in [5.74, 6) is 0.796. The van der Waals surface area contributed by atoms with Crippen LogP contribution in [-0.4, -0.2) is 15.0 Å². The molecule has 3 aromatic rings. The Labute approximate surface area is 113 Å². The molecule has 0 spiro atoms. The van der Waals surface area contributed by atoms with Gasteiger partial charge in [0.1, 0.15) is 12.1 Å². The molecule has 0 amide bonds. The van der Waals surface area contributed by atoms with Crippen molar-refractivity contribution in [3.63, 3.8) is 0 Å². The van der Waals surface area contributed by atoms with E-state index in [4.69, 9.17) is 11.6 Å². The van der Waals surface area contributed by atoms with E-state index in [1.807, 2.05) is 29.1 Å². The first-order valence-corrected chi connectivity index (χ1v) is 6.66. The minimum absolute atomic E-state index is 0.651. The normalized spacial score (nSPS) is 10.7. The molecule has 18 heavy (non-hydrogen) atoms. The van der Waals surface area contributed by atoms with E-state index in [-0.39, 0.29) is 0 Å². The summed E-state index contributed by atoms with van der Waals surface area (Å²) in [6, 6.07) is 5.58. The maximum atomic E-state index is 5.94. The summed E-state index contributed by atoms with van der Waals surface area (Å²) < 4.78 is 0. The fourth-order valence-corrected chi connectivity index (χ4v) is 2.39. The number of anilines is 1. The highest BCUT2D eigenvalue weighted by atomic mass is 35.5. The van der Waals surface area contributed by atoms with E-state index < -0.39 is 0 Å². The number of rotatable bonds is 3. The summed E-state index contributed by atoms with van der Waals surface area (Å²) >= 11 is 7.52. The Balaban J connectivity index is 1.92. The first-order chi connectivity index (χ1) is 8.83. The van der Waals surface area contributed by atoms with E-state index in [0.29, 0.717) is 11.6 Å². The lowest BCUT2D eigenvalue weighted by molar-refractivity contribution is 1.05. The molecule has 1 aromatic carbocycles. The molecule has 2 aromatic heterocycles. The first kappa shape index (κ1) is 11.4. The number of halogens is 1. The SMILES string of the molecule is Clc1ccc2c(NCc3cscn3)ncnc2c1. The monoisotopic (exact) mass is 276 g/mol. The predicted octanol–water partition coefficient (Wildman–Crippen LogP) is 3.35. The Kier molecular flexibility index (Phi) is 3.08. The van der Waals surface area contributed by atoms with Crippen LogP contribution in [0.4, 0.5) is 5.82 Å². The van der Waals surface area contributed by atoms with E-state index in [1.54, 1.807) is 11.3 Å². The Bertz CT molecular complexity index is 669. The van der Waals surface area contributed by atoms with Crippen molar-refractivity contribution in [2.75, 3.05) is 5.32 Å². The summed E-state index contributed by atoms with van der Waals surface area (Å²) in [7, 11) is 0. The molecule has 0 saturated heterocycles. The number of fused-ring (bicyclic) bond motifs is 1. The van der Waals surface area contributed by atoms with Crippen LogP contribution in [0.25, 0.3) is 10.9 Å². The van der Waals surface area contributed by atoms with Crippen LogP contribution < -0.4 is 5.32 Å². The van der Waals surface area contributed by atoms with Crippen molar-refractivity contribution >= 4 is 39.7 Å². The molecule has 2 heterocycles. The third-order valence-electron chi connectivity index (χ3n) is 2.52. The molecule has 0 unspecified atom stereocenters. The van der Waals surface area contributed by atoms with Gasteiger partial charge >= 0.3 is 0 Å². The largest absolute Gasteiger partial charge is 0.364 e. The van der Waals surface area contributed by atoms with Crippen LogP contribution in [0.15, 0.2) is 35.4 Å². The smallest absolute Gasteiger partial charge is 0.137 e. The van der Waals surface area contributed by atoms with Crippen LogP contribution in [0.1, 0.15) is 5.69 Å². The van der Waals surface area contributed by atoms with Crippen molar-refractivity contribution in [3.05, 3.63) is 46.1 Å². The van der Waals surface area contributed by atoms with Crippen molar-refractivity contribution in [3.8, 4) is 0 Å². The second-order valence-electron chi connectivity index (χ2n) is 3.72. The van der Waals surface area contributed by atoms with Crippen molar-refractivity contribution in [1.82, 2.24) is 15.0 Å². The van der Waals surface area contributed by atoms with E-state index in [0.717, 1.165) is 22.4 Å². The fourth-order valence-electron chi connectivity index (χ4n) is 1.67. The molecule has 0 bridgehead atoms. The molecule has 4 nitrogen and oxygen atoms in total. The highest BCUT2D eigenvalue weighted by molar-refractivity contribution is 7.07. The Morgan fingerprint density at radius 3 is 3.00 bits per heavy atom. The molecule has 90 valence electrons. The lowest BCUT2D eigenvalue weighted by Gasteiger charge is -2.06. The number of hydrogen-bond donors (Lipinski definition) is 1. The Morgan fingerprint density at radius 2 is 2.17 bits per heavy atom. The van der Waals surface area contributed by atoms with Crippen molar-refractivity contribution in [2.45, 2.75) is 6.54 Å². The number of nitrogens with one attached hydrogen (secondary N) is 1. The summed E-state index contributed by atoms with van der Waals surface area (Å²) in [4.78, 5) is 12.7. The molecule has 0 aliphatic carbocycles. The zero-order valence-electron chi connectivity index (χ0n) is 9.30. The van der Waals surface area contributed by atoms with Gasteiger partial charge in [0.15, 0.2) is 0 Å². The topological polar surface area (TPSA) is 50.7 Å². The Morgan fingerprint density at radius 1 is 1.22 bits per heavy atom. The molecule has 0 fully saturated rings. The lowest BCUT2D eigenvalue weighted by atomic mass is 10.2. The van der Waals surface area contributed by atoms with Gasteiger partial charge in [-0.15, -0.1) is 11.3 Å². The van der Waals surface area contributed by atoms with Crippen LogP contribution in [-0.2, 0) is 6.54 Å². The van der Waals surface area contributed by atoms with Gasteiger partial charge in [0.2, 0.25) is 0 Å². The van der Waals surface area contributed by atoms with Crippen LogP contribution >= 0.6 is 22.9 Å². The average Bonchev–Trinajstić information content (AvgIpc) is 2.89. The van der Waals surface area contributed by atoms with E-state index >= 15 is 0 Å². The molecular weight excluding hydrogens is 268 g/mol. The standard InChI is InChI=1S/C12H9ClN4S/c13-8-1-2-10-11(3-8)15-6-16-12(10)14-4-9-5-18-7-17-9/h1-3,5-7H,4H2,(H,14,15,16). The molecular formula is C12H9ClN4S. The van der Waals surface area contributed by atoms with Gasteiger partial charge in [0, 0.05) is 15.8 Å². The number of hydrogen-bond acceptors (Lipinski definition) is 5. The summed E-state index contributed by atoms with van der Waals surface area (Å²) in [5, 5.41) is 6.90. The highest BCUT2D eigenvalue weighted by Crippen LogP contribution is 2.22. The maximum absolute atomic E-state index is 5.94. The number of nitrogens with zero attached hydrogens (tertiary/aromatic N) is 3. The lowest BCUT2D eigenvalue weighted by Crippen LogP contribution is -2.02. The molecule has 0 saturated carbocycles. The molecule has 0 radical (unpaired) electrons. The zero-order chi connectivity index (χ0) is 12.4. The van der Waals surface area contributed by atoms with Crippen LogP contribution in [0, 0.1) is 0 Å². The maximum Gasteiger partial charge on any atom is 0.137 e. The van der Waals surface area contributed by atoms with Crippen molar-refractivity contribution in [2.24, 2.45) is 0 Å². The highest BCUT2D eigenvalue weighted by Gasteiger charge is 2.04. The van der Waals surface area contributed by atoms with Gasteiger partial charge < -0.3 is 5.32 Å². The number of benzene rings is 1. The Hall–Kier alpha value is -1.72. The number of aromatic nitrogens is 3. The molecule has 0 aliphatic heterocycles. The van der Waals surface area contributed by atoms with E-state index in [1.165, 1.54) is 6.33 Å². The van der Waals surface area contributed by atoms with Gasteiger partial charge in [-0.05, 0) is 18.2 Å². The van der Waals surface area contributed by atoms with Gasteiger partial charge in [0.25, 0.3) is 0 Å². The molecule has 0 atom stereocenters. The third-order valence-corrected chi connectivity index (χ3v) is 3.39. The van der Waals surface area contributed by atoms with Gasteiger partial charge in [-0.2, -0.15) is 0 Å². The van der Waals surface area contributed by atoms with Crippen LogP contribution in [0.2, 0.25) is 5.02 Å². The minimum atomic E-state index is 0.651. The van der Waals surface area contributed by atoms with Crippen molar-refractivity contribution < 1.29 is 0 Å². The van der Waals surface area contributed by atoms with Crippen LogP contribution in [0.5, 0.6) is 0 Å². The fraction of sp³-hybridized carbons (Fsp3) is 0.0833. The predicted molar refractivity (Wildman–Crippen MR) is 74.0 cm³/mol. The van der Waals surface area contributed by atoms with E-state index in [9.17, 15) is 0 Å². The summed E-state index contributed by atoms with van der Waals surface area (Å²) in [6.45, 7) is 0.651. The minimum Gasteiger partial charge on any atom is -0.364 e. The quantitative estimate of drug-likeness (QED) is 0.797. The summed E-state index contributed by atoms with van der Waals surface area (Å²) in [6.07, 6.45) is 1.53. The zero-order valence-corrected chi connectivity index (χ0v) is 10.9. The van der Waals surface area contributed by atoms with Gasteiger partial charge in [-0.25, -0.2) is 15.0 Å². The van der Waals surface area contributed by atoms with Gasteiger partial charge in [-0.3, -0.25) is 0 Å². The van der Waals surface area contributed by atoms with Gasteiger partial charge in [0.05, 0.1) is 23.3 Å². The van der Waals surface area contributed by atoms with Gasteiger partial charge in [-0.1, -0.05) is 11.6 Å². The van der Waals surface area contributed by atoms with E-state index in [2.05, 4.69) is 20.3 Å². The van der Waals surface area contributed by atoms with Crippen LogP contribution in [0.3, 0.4) is 0 Å². The summed E-state index contributed by atoms with van der Waals surface area (Å²) in [5.41, 5.74) is 3.65. The molecule has 3 rings (SSSR count). The molecule has 0 aliphatic rings. The first-order valence-electron chi connectivity index (χ1n) is 5.34. The third kappa shape index (κ3) is 2.27. The second-order valence-corrected chi connectivity index (χ2v) is 4.87. The van der Waals surface area contributed by atoms with Crippen molar-refractivity contribution in [1.29, 1.82) is 0 Å². The molecule has 1 N–H and O–H groups in total. The second kappa shape index (κ2) is 4.88. The molecule has 6 heteroatoms. The number of thiazole rings is 1.